The molecular formula is C13H18N2O3S. The molecule has 6 heteroatoms. The maximum Gasteiger partial charge on any atom is 0.322 e. The fraction of sp³-hybridized carbons (Fsp3) is 0.538. The predicted octanol–water partition coefficient (Wildman–Crippen LogP) is 2.56. The van der Waals surface area contributed by atoms with Crippen LogP contribution in [0, 0.1) is 5.92 Å². The smallest absolute Gasteiger partial charge is 0.322 e. The van der Waals surface area contributed by atoms with Gasteiger partial charge in [0.25, 0.3) is 0 Å². The van der Waals surface area contributed by atoms with Gasteiger partial charge in [-0.05, 0) is 37.3 Å². The zero-order chi connectivity index (χ0) is 13.7. The number of esters is 1. The van der Waals surface area contributed by atoms with Gasteiger partial charge in [-0.1, -0.05) is 0 Å². The Bertz CT molecular complexity index is 433. The molecule has 0 aliphatic carbocycles. The number of likely N-dealkylation sites (tertiary alicyclic amines) is 1. The predicted molar refractivity (Wildman–Crippen MR) is 74.3 cm³/mol. The van der Waals surface area contributed by atoms with Gasteiger partial charge >= 0.3 is 12.0 Å². The van der Waals surface area contributed by atoms with Gasteiger partial charge in [-0.3, -0.25) is 10.1 Å². The fourth-order valence-corrected chi connectivity index (χ4v) is 2.76. The number of nitrogens with one attached hydrogen (secondary N) is 1. The van der Waals surface area contributed by atoms with Crippen LogP contribution in [-0.4, -0.2) is 36.6 Å². The van der Waals surface area contributed by atoms with Gasteiger partial charge in [0.15, 0.2) is 0 Å². The van der Waals surface area contributed by atoms with Crippen LogP contribution in [0.25, 0.3) is 0 Å². The van der Waals surface area contributed by atoms with Crippen molar-refractivity contribution in [2.45, 2.75) is 19.8 Å². The minimum absolute atomic E-state index is 0.142. The lowest BCUT2D eigenvalue weighted by Gasteiger charge is -2.31. The molecule has 0 spiro atoms. The largest absolute Gasteiger partial charge is 0.466 e. The molecule has 0 bridgehead atoms. The summed E-state index contributed by atoms with van der Waals surface area (Å²) < 4.78 is 5.02. The quantitative estimate of drug-likeness (QED) is 0.867. The van der Waals surface area contributed by atoms with Crippen LogP contribution in [0.5, 0.6) is 0 Å². The molecule has 1 fully saturated rings. The zero-order valence-corrected chi connectivity index (χ0v) is 11.7. The topological polar surface area (TPSA) is 58.6 Å². The summed E-state index contributed by atoms with van der Waals surface area (Å²) in [5, 5.41) is 5.57. The SMILES string of the molecule is CCOC(=O)[C@@H]1CCCN(C(=O)Nc2cccs2)C1. The van der Waals surface area contributed by atoms with Crippen molar-refractivity contribution in [3.63, 3.8) is 0 Å². The monoisotopic (exact) mass is 282 g/mol. The molecule has 0 unspecified atom stereocenters. The van der Waals surface area contributed by atoms with Gasteiger partial charge in [-0.15, -0.1) is 11.3 Å². The van der Waals surface area contributed by atoms with Crippen molar-refractivity contribution in [2.75, 3.05) is 25.0 Å². The van der Waals surface area contributed by atoms with E-state index in [9.17, 15) is 9.59 Å². The highest BCUT2D eigenvalue weighted by atomic mass is 32.1. The lowest BCUT2D eigenvalue weighted by atomic mass is 9.98. The molecule has 19 heavy (non-hydrogen) atoms. The average molecular weight is 282 g/mol. The van der Waals surface area contributed by atoms with Crippen molar-refractivity contribution in [3.05, 3.63) is 17.5 Å². The Morgan fingerprint density at radius 2 is 2.42 bits per heavy atom. The van der Waals surface area contributed by atoms with Gasteiger partial charge in [0, 0.05) is 13.1 Å². The summed E-state index contributed by atoms with van der Waals surface area (Å²) in [7, 11) is 0. The Morgan fingerprint density at radius 3 is 3.11 bits per heavy atom. The van der Waals surface area contributed by atoms with E-state index in [4.69, 9.17) is 4.74 Å². The maximum atomic E-state index is 12.1. The number of hydrogen-bond donors (Lipinski definition) is 1. The van der Waals surface area contributed by atoms with E-state index in [0.717, 1.165) is 17.8 Å². The highest BCUT2D eigenvalue weighted by Crippen LogP contribution is 2.20. The van der Waals surface area contributed by atoms with Crippen LogP contribution in [0.4, 0.5) is 9.80 Å². The van der Waals surface area contributed by atoms with E-state index in [1.165, 1.54) is 11.3 Å². The van der Waals surface area contributed by atoms with Crippen LogP contribution in [0.15, 0.2) is 17.5 Å². The summed E-state index contributed by atoms with van der Waals surface area (Å²) in [6.45, 7) is 3.31. The van der Waals surface area contributed by atoms with Crippen molar-refractivity contribution in [1.29, 1.82) is 0 Å². The molecule has 1 atom stereocenters. The van der Waals surface area contributed by atoms with Gasteiger partial charge < -0.3 is 9.64 Å². The Hall–Kier alpha value is -1.56. The van der Waals surface area contributed by atoms with E-state index < -0.39 is 0 Å². The Balaban J connectivity index is 1.89. The van der Waals surface area contributed by atoms with Crippen LogP contribution < -0.4 is 5.32 Å². The molecule has 1 aliphatic rings. The van der Waals surface area contributed by atoms with Gasteiger partial charge in [-0.25, -0.2) is 4.79 Å². The number of carbonyl (C=O) groups excluding carboxylic acids is 2. The third-order valence-electron chi connectivity index (χ3n) is 3.08. The number of anilines is 1. The van der Waals surface area contributed by atoms with Gasteiger partial charge in [0.05, 0.1) is 17.5 Å². The molecule has 2 rings (SSSR count). The Morgan fingerprint density at radius 1 is 1.58 bits per heavy atom. The first-order valence-electron chi connectivity index (χ1n) is 6.46. The molecule has 0 aromatic carbocycles. The normalized spacial score (nSPS) is 19.0. The van der Waals surface area contributed by atoms with E-state index in [-0.39, 0.29) is 17.9 Å². The molecule has 1 N–H and O–H groups in total. The fourth-order valence-electron chi connectivity index (χ4n) is 2.15. The van der Waals surface area contributed by atoms with E-state index >= 15 is 0 Å². The lowest BCUT2D eigenvalue weighted by molar-refractivity contribution is -0.149. The number of nitrogens with zero attached hydrogens (tertiary/aromatic N) is 1. The van der Waals surface area contributed by atoms with Crippen LogP contribution in [-0.2, 0) is 9.53 Å². The summed E-state index contributed by atoms with van der Waals surface area (Å²) in [6.07, 6.45) is 1.63. The molecule has 0 saturated carbocycles. The molecule has 5 nitrogen and oxygen atoms in total. The minimum atomic E-state index is -0.198. The summed E-state index contributed by atoms with van der Waals surface area (Å²) >= 11 is 1.48. The van der Waals surface area contributed by atoms with Gasteiger partial charge in [-0.2, -0.15) is 0 Å². The Kier molecular flexibility index (Phi) is 4.79. The number of piperidine rings is 1. The molecule has 2 heterocycles. The third-order valence-corrected chi connectivity index (χ3v) is 3.87. The van der Waals surface area contributed by atoms with Crippen LogP contribution in [0.3, 0.4) is 0 Å². The molecule has 1 saturated heterocycles. The average Bonchev–Trinajstić information content (AvgIpc) is 2.92. The second kappa shape index (κ2) is 6.56. The van der Waals surface area contributed by atoms with Crippen LogP contribution in [0.2, 0.25) is 0 Å². The zero-order valence-electron chi connectivity index (χ0n) is 10.9. The summed E-state index contributed by atoms with van der Waals surface area (Å²) in [4.78, 5) is 25.5. The summed E-state index contributed by atoms with van der Waals surface area (Å²) in [5.74, 6) is -0.390. The molecular weight excluding hydrogens is 264 g/mol. The molecule has 0 radical (unpaired) electrons. The van der Waals surface area contributed by atoms with E-state index in [1.54, 1.807) is 11.8 Å². The standard InChI is InChI=1S/C13H18N2O3S/c1-2-18-12(16)10-5-3-7-15(9-10)13(17)14-11-6-4-8-19-11/h4,6,8,10H,2-3,5,7,9H2,1H3,(H,14,17)/t10-/m1/s1. The highest BCUT2D eigenvalue weighted by molar-refractivity contribution is 7.14. The molecule has 1 aliphatic heterocycles. The lowest BCUT2D eigenvalue weighted by Crippen LogP contribution is -2.44. The molecule has 2 amide bonds. The second-order valence-corrected chi connectivity index (χ2v) is 5.39. The minimum Gasteiger partial charge on any atom is -0.466 e. The molecule has 1 aromatic heterocycles. The Labute approximate surface area is 116 Å². The van der Waals surface area contributed by atoms with Crippen molar-refractivity contribution in [3.8, 4) is 0 Å². The number of carbonyl (C=O) groups is 2. The second-order valence-electron chi connectivity index (χ2n) is 4.44. The number of amides is 2. The molecule has 104 valence electrons. The summed E-state index contributed by atoms with van der Waals surface area (Å²) in [6, 6.07) is 3.60. The maximum absolute atomic E-state index is 12.1. The van der Waals surface area contributed by atoms with Crippen molar-refractivity contribution < 1.29 is 14.3 Å². The first-order valence-corrected chi connectivity index (χ1v) is 7.34. The summed E-state index contributed by atoms with van der Waals surface area (Å²) in [5.41, 5.74) is 0. The molecule has 1 aromatic rings. The van der Waals surface area contributed by atoms with Crippen molar-refractivity contribution in [1.82, 2.24) is 4.90 Å². The number of urea groups is 1. The number of ether oxygens (including phenoxy) is 1. The number of thiophene rings is 1. The van der Waals surface area contributed by atoms with E-state index in [1.807, 2.05) is 17.5 Å². The first kappa shape index (κ1) is 13.9. The van der Waals surface area contributed by atoms with E-state index in [0.29, 0.717) is 19.7 Å². The third kappa shape index (κ3) is 3.70. The van der Waals surface area contributed by atoms with Gasteiger partial charge in [0.2, 0.25) is 0 Å². The number of hydrogen-bond acceptors (Lipinski definition) is 4. The number of rotatable bonds is 3. The van der Waals surface area contributed by atoms with Crippen LogP contribution >= 0.6 is 11.3 Å². The first-order chi connectivity index (χ1) is 9.20. The van der Waals surface area contributed by atoms with Crippen LogP contribution in [0.1, 0.15) is 19.8 Å². The highest BCUT2D eigenvalue weighted by Gasteiger charge is 2.29. The van der Waals surface area contributed by atoms with E-state index in [2.05, 4.69) is 5.32 Å². The van der Waals surface area contributed by atoms with Crippen molar-refractivity contribution in [2.24, 2.45) is 5.92 Å². The van der Waals surface area contributed by atoms with Crippen molar-refractivity contribution >= 4 is 28.3 Å². The van der Waals surface area contributed by atoms with Gasteiger partial charge in [0.1, 0.15) is 0 Å².